The number of methoxy groups -OCH3 is 1. The van der Waals surface area contributed by atoms with Crippen LogP contribution in [0, 0.1) is 0 Å². The molecule has 2 N–H and O–H groups in total. The summed E-state index contributed by atoms with van der Waals surface area (Å²) < 4.78 is 7.27. The second-order valence-corrected chi connectivity index (χ2v) is 7.34. The average molecular weight is 375 g/mol. The maximum Gasteiger partial charge on any atom is 0.227 e. The number of aromatic nitrogens is 3. The lowest BCUT2D eigenvalue weighted by atomic mass is 10.1. The van der Waals surface area contributed by atoms with Crippen LogP contribution in [0.1, 0.15) is 38.1 Å². The number of likely N-dealkylation sites (tertiary alicyclic amines) is 1. The summed E-state index contributed by atoms with van der Waals surface area (Å²) in [5, 5.41) is 9.46. The van der Waals surface area contributed by atoms with Gasteiger partial charge >= 0.3 is 0 Å². The molecule has 1 fully saturated rings. The van der Waals surface area contributed by atoms with E-state index in [2.05, 4.69) is 22.0 Å². The molecule has 1 aromatic carbocycles. The molecule has 1 atom stereocenters. The van der Waals surface area contributed by atoms with E-state index in [0.717, 1.165) is 30.4 Å². The fourth-order valence-corrected chi connectivity index (χ4v) is 3.92. The van der Waals surface area contributed by atoms with E-state index in [1.54, 1.807) is 7.11 Å². The lowest BCUT2D eigenvalue weighted by Gasteiger charge is -2.31. The molecule has 1 saturated heterocycles. The molecule has 1 amide bonds. The molecule has 2 aromatic rings. The summed E-state index contributed by atoms with van der Waals surface area (Å²) in [5.41, 5.74) is 6.25. The Morgan fingerprint density at radius 1 is 1.23 bits per heavy atom. The highest BCUT2D eigenvalue weighted by Crippen LogP contribution is 2.29. The molecule has 1 aliphatic rings. The predicted molar refractivity (Wildman–Crippen MR) is 102 cm³/mol. The van der Waals surface area contributed by atoms with Crippen molar-refractivity contribution in [3.63, 3.8) is 0 Å². The maximum absolute atomic E-state index is 11.2. The molecule has 0 aliphatic carbocycles. The van der Waals surface area contributed by atoms with Crippen LogP contribution < -0.4 is 10.5 Å². The van der Waals surface area contributed by atoms with Crippen LogP contribution in [0.3, 0.4) is 0 Å². The van der Waals surface area contributed by atoms with Gasteiger partial charge in [0.1, 0.15) is 5.75 Å². The molecule has 140 valence electrons. The Labute approximate surface area is 157 Å². The van der Waals surface area contributed by atoms with Crippen LogP contribution in [-0.2, 0) is 4.79 Å². The molecule has 2 heterocycles. The Morgan fingerprint density at radius 2 is 1.92 bits per heavy atom. The molecule has 0 unspecified atom stereocenters. The Kier molecular flexibility index (Phi) is 6.16. The topological polar surface area (TPSA) is 86.3 Å². The summed E-state index contributed by atoms with van der Waals surface area (Å²) in [6.07, 6.45) is 3.71. The first-order chi connectivity index (χ1) is 12.6. The van der Waals surface area contributed by atoms with Crippen LogP contribution >= 0.6 is 11.8 Å². The summed E-state index contributed by atoms with van der Waals surface area (Å²) in [6, 6.07) is 7.92. The molecule has 0 radical (unpaired) electrons. The Balaban J connectivity index is 1.95. The van der Waals surface area contributed by atoms with Gasteiger partial charge in [0.25, 0.3) is 0 Å². The molecular weight excluding hydrogens is 350 g/mol. The molecule has 8 heteroatoms. The number of piperidine rings is 1. The Hall–Kier alpha value is -2.06. The molecule has 1 aliphatic heterocycles. The highest BCUT2D eigenvalue weighted by Gasteiger charge is 2.25. The van der Waals surface area contributed by atoms with E-state index >= 15 is 0 Å². The van der Waals surface area contributed by atoms with Crippen molar-refractivity contribution < 1.29 is 9.53 Å². The second kappa shape index (κ2) is 8.55. The third-order valence-corrected chi connectivity index (χ3v) is 5.60. The van der Waals surface area contributed by atoms with Crippen LogP contribution in [0.2, 0.25) is 0 Å². The first kappa shape index (κ1) is 18.7. The minimum atomic E-state index is -0.370. The van der Waals surface area contributed by atoms with Gasteiger partial charge in [0, 0.05) is 5.69 Å². The van der Waals surface area contributed by atoms with E-state index < -0.39 is 0 Å². The van der Waals surface area contributed by atoms with E-state index in [4.69, 9.17) is 10.5 Å². The molecule has 7 nitrogen and oxygen atoms in total. The van der Waals surface area contributed by atoms with E-state index in [-0.39, 0.29) is 17.7 Å². The number of hydrogen-bond donors (Lipinski definition) is 1. The minimum Gasteiger partial charge on any atom is -0.497 e. The van der Waals surface area contributed by atoms with Gasteiger partial charge in [-0.15, -0.1) is 10.2 Å². The number of nitrogens with two attached hydrogens (primary N) is 1. The number of nitrogens with zero attached hydrogens (tertiary/aromatic N) is 4. The van der Waals surface area contributed by atoms with Gasteiger partial charge < -0.3 is 10.5 Å². The summed E-state index contributed by atoms with van der Waals surface area (Å²) in [6.45, 7) is 4.30. The molecule has 0 saturated carbocycles. The van der Waals surface area contributed by atoms with Crippen molar-refractivity contribution in [2.75, 3.05) is 26.0 Å². The molecule has 1 aromatic heterocycles. The van der Waals surface area contributed by atoms with E-state index in [1.165, 1.54) is 31.0 Å². The van der Waals surface area contributed by atoms with Gasteiger partial charge in [-0.25, -0.2) is 0 Å². The standard InChI is InChI=1S/C18H25N5O2S/c1-13(22-10-4-3-5-11-22)17-20-21-18(26-12-16(19)24)23(17)14-6-8-15(25-2)9-7-14/h6-9,13H,3-5,10-12H2,1-2H3,(H2,19,24)/t13-/m1/s1. The van der Waals surface area contributed by atoms with Crippen molar-refractivity contribution in [1.82, 2.24) is 19.7 Å². The summed E-state index contributed by atoms with van der Waals surface area (Å²) in [5.74, 6) is 1.47. The number of rotatable bonds is 7. The summed E-state index contributed by atoms with van der Waals surface area (Å²) in [4.78, 5) is 13.7. The van der Waals surface area contributed by atoms with E-state index in [0.29, 0.717) is 5.16 Å². The summed E-state index contributed by atoms with van der Waals surface area (Å²) in [7, 11) is 1.64. The Bertz CT molecular complexity index is 741. The van der Waals surface area contributed by atoms with Gasteiger partial charge in [-0.05, 0) is 57.1 Å². The number of ether oxygens (including phenoxy) is 1. The number of amides is 1. The van der Waals surface area contributed by atoms with Gasteiger partial charge in [0.05, 0.1) is 18.9 Å². The van der Waals surface area contributed by atoms with Crippen LogP contribution in [0.25, 0.3) is 5.69 Å². The van der Waals surface area contributed by atoms with Crippen molar-refractivity contribution in [2.24, 2.45) is 5.73 Å². The summed E-state index contributed by atoms with van der Waals surface area (Å²) >= 11 is 1.31. The van der Waals surface area contributed by atoms with Crippen LogP contribution in [-0.4, -0.2) is 51.5 Å². The first-order valence-electron chi connectivity index (χ1n) is 8.85. The number of thioether (sulfide) groups is 1. The van der Waals surface area contributed by atoms with Crippen molar-refractivity contribution in [3.8, 4) is 11.4 Å². The van der Waals surface area contributed by atoms with Crippen molar-refractivity contribution in [1.29, 1.82) is 0 Å². The van der Waals surface area contributed by atoms with E-state index in [1.807, 2.05) is 28.8 Å². The number of carbonyl (C=O) groups is 1. The number of primary amides is 1. The van der Waals surface area contributed by atoms with Gasteiger partial charge in [0.15, 0.2) is 11.0 Å². The molecule has 3 rings (SSSR count). The smallest absolute Gasteiger partial charge is 0.227 e. The predicted octanol–water partition coefficient (Wildman–Crippen LogP) is 2.40. The zero-order chi connectivity index (χ0) is 18.5. The van der Waals surface area contributed by atoms with Gasteiger partial charge in [0.2, 0.25) is 5.91 Å². The third-order valence-electron chi connectivity index (χ3n) is 4.64. The lowest BCUT2D eigenvalue weighted by Crippen LogP contribution is -2.33. The number of carbonyl (C=O) groups excluding carboxylic acids is 1. The zero-order valence-electron chi connectivity index (χ0n) is 15.2. The van der Waals surface area contributed by atoms with Crippen molar-refractivity contribution in [3.05, 3.63) is 30.1 Å². The largest absolute Gasteiger partial charge is 0.497 e. The average Bonchev–Trinajstić information content (AvgIpc) is 3.10. The van der Waals surface area contributed by atoms with Crippen LogP contribution in [0.4, 0.5) is 0 Å². The normalized spacial score (nSPS) is 16.4. The van der Waals surface area contributed by atoms with Gasteiger partial charge in [-0.3, -0.25) is 14.3 Å². The zero-order valence-corrected chi connectivity index (χ0v) is 16.0. The monoisotopic (exact) mass is 375 g/mol. The molecule has 26 heavy (non-hydrogen) atoms. The molecule has 0 spiro atoms. The Morgan fingerprint density at radius 3 is 2.54 bits per heavy atom. The quantitative estimate of drug-likeness (QED) is 0.748. The second-order valence-electron chi connectivity index (χ2n) is 6.40. The molecule has 0 bridgehead atoms. The van der Waals surface area contributed by atoms with Crippen LogP contribution in [0.15, 0.2) is 29.4 Å². The SMILES string of the molecule is COc1ccc(-n2c(SCC(N)=O)nnc2[C@@H](C)N2CCCCC2)cc1. The maximum atomic E-state index is 11.2. The number of hydrogen-bond acceptors (Lipinski definition) is 6. The third kappa shape index (κ3) is 4.19. The fourth-order valence-electron chi connectivity index (χ4n) is 3.22. The first-order valence-corrected chi connectivity index (χ1v) is 9.83. The fraction of sp³-hybridized carbons (Fsp3) is 0.500. The number of benzene rings is 1. The highest BCUT2D eigenvalue weighted by molar-refractivity contribution is 7.99. The lowest BCUT2D eigenvalue weighted by molar-refractivity contribution is -0.115. The molecular formula is C18H25N5O2S. The van der Waals surface area contributed by atoms with Crippen LogP contribution in [0.5, 0.6) is 5.75 Å². The minimum absolute atomic E-state index is 0.146. The van der Waals surface area contributed by atoms with Gasteiger partial charge in [-0.1, -0.05) is 18.2 Å². The van der Waals surface area contributed by atoms with E-state index in [9.17, 15) is 4.79 Å². The van der Waals surface area contributed by atoms with Crippen molar-refractivity contribution in [2.45, 2.75) is 37.4 Å². The van der Waals surface area contributed by atoms with Gasteiger partial charge in [-0.2, -0.15) is 0 Å². The van der Waals surface area contributed by atoms with Crippen molar-refractivity contribution >= 4 is 17.7 Å². The highest BCUT2D eigenvalue weighted by atomic mass is 32.2.